The Morgan fingerprint density at radius 1 is 1.29 bits per heavy atom. The first-order chi connectivity index (χ1) is 8.18. The maximum Gasteiger partial charge on any atom is 0.134 e. The van der Waals surface area contributed by atoms with Gasteiger partial charge in [0.05, 0.1) is 16.8 Å². The van der Waals surface area contributed by atoms with Gasteiger partial charge in [-0.25, -0.2) is 0 Å². The molecule has 0 aliphatic carbocycles. The van der Waals surface area contributed by atoms with Crippen molar-refractivity contribution in [3.63, 3.8) is 0 Å². The molecule has 1 unspecified atom stereocenters. The fourth-order valence-electron chi connectivity index (χ4n) is 1.90. The van der Waals surface area contributed by atoms with Crippen LogP contribution in [0, 0.1) is 6.92 Å². The van der Waals surface area contributed by atoms with E-state index in [-0.39, 0.29) is 6.04 Å². The van der Waals surface area contributed by atoms with E-state index < -0.39 is 0 Å². The predicted octanol–water partition coefficient (Wildman–Crippen LogP) is 3.98. The van der Waals surface area contributed by atoms with Crippen molar-refractivity contribution in [2.24, 2.45) is 5.73 Å². The van der Waals surface area contributed by atoms with Crippen LogP contribution in [-0.4, -0.2) is 0 Å². The lowest BCUT2D eigenvalue weighted by molar-refractivity contribution is 0.450. The Morgan fingerprint density at radius 3 is 2.71 bits per heavy atom. The van der Waals surface area contributed by atoms with Gasteiger partial charge in [0.25, 0.3) is 0 Å². The predicted molar refractivity (Wildman–Crippen MR) is 72.8 cm³/mol. The van der Waals surface area contributed by atoms with Crippen molar-refractivity contribution in [3.05, 3.63) is 58.0 Å². The summed E-state index contributed by atoms with van der Waals surface area (Å²) in [5.74, 6) is 0.832. The molecule has 0 aliphatic rings. The van der Waals surface area contributed by atoms with Gasteiger partial charge < -0.3 is 10.2 Å². The van der Waals surface area contributed by atoms with Gasteiger partial charge in [-0.2, -0.15) is 0 Å². The van der Waals surface area contributed by atoms with Gasteiger partial charge in [-0.1, -0.05) is 24.3 Å². The monoisotopic (exact) mass is 293 g/mol. The first-order valence-corrected chi connectivity index (χ1v) is 6.50. The third kappa shape index (κ3) is 2.99. The quantitative estimate of drug-likeness (QED) is 0.926. The van der Waals surface area contributed by atoms with E-state index in [4.69, 9.17) is 10.2 Å². The van der Waals surface area contributed by atoms with E-state index in [0.717, 1.165) is 23.1 Å². The maximum atomic E-state index is 6.11. The van der Waals surface area contributed by atoms with Gasteiger partial charge in [0.15, 0.2) is 0 Å². The summed E-state index contributed by atoms with van der Waals surface area (Å²) in [6, 6.07) is 10.2. The molecule has 2 nitrogen and oxygen atoms in total. The van der Waals surface area contributed by atoms with Crippen LogP contribution in [0.3, 0.4) is 0 Å². The second-order valence-electron chi connectivity index (χ2n) is 4.20. The molecule has 1 atom stereocenters. The van der Waals surface area contributed by atoms with Crippen LogP contribution in [0.4, 0.5) is 0 Å². The molecule has 2 N–H and O–H groups in total. The van der Waals surface area contributed by atoms with E-state index in [1.807, 2.05) is 6.07 Å². The third-order valence-electron chi connectivity index (χ3n) is 2.97. The van der Waals surface area contributed by atoms with Crippen LogP contribution in [-0.2, 0) is 6.42 Å². The van der Waals surface area contributed by atoms with Crippen molar-refractivity contribution in [3.8, 4) is 0 Å². The zero-order valence-corrected chi connectivity index (χ0v) is 11.4. The van der Waals surface area contributed by atoms with Crippen molar-refractivity contribution in [1.82, 2.24) is 0 Å². The smallest absolute Gasteiger partial charge is 0.134 e. The summed E-state index contributed by atoms with van der Waals surface area (Å²) < 4.78 is 6.33. The molecule has 0 spiro atoms. The lowest BCUT2D eigenvalue weighted by Gasteiger charge is -2.10. The topological polar surface area (TPSA) is 39.2 Å². The van der Waals surface area contributed by atoms with E-state index >= 15 is 0 Å². The number of nitrogens with two attached hydrogens (primary N) is 1. The van der Waals surface area contributed by atoms with Crippen molar-refractivity contribution in [2.75, 3.05) is 0 Å². The molecule has 90 valence electrons. The highest BCUT2D eigenvalue weighted by molar-refractivity contribution is 9.10. The molecule has 0 saturated heterocycles. The van der Waals surface area contributed by atoms with Gasteiger partial charge in [-0.15, -0.1) is 0 Å². The minimum Gasteiger partial charge on any atom is -0.466 e. The number of rotatable bonds is 4. The van der Waals surface area contributed by atoms with Crippen molar-refractivity contribution in [2.45, 2.75) is 25.8 Å². The lowest BCUT2D eigenvalue weighted by Crippen LogP contribution is -2.11. The average Bonchev–Trinajstić information content (AvgIpc) is 2.74. The number of benzene rings is 1. The Hall–Kier alpha value is -1.06. The minimum atomic E-state index is -0.0565. The van der Waals surface area contributed by atoms with Crippen LogP contribution < -0.4 is 5.73 Å². The van der Waals surface area contributed by atoms with Gasteiger partial charge in [0.1, 0.15) is 5.76 Å². The summed E-state index contributed by atoms with van der Waals surface area (Å²) >= 11 is 3.43. The average molecular weight is 294 g/mol. The van der Waals surface area contributed by atoms with E-state index in [1.54, 1.807) is 6.26 Å². The number of hydrogen-bond acceptors (Lipinski definition) is 2. The molecule has 17 heavy (non-hydrogen) atoms. The Bertz CT molecular complexity index is 492. The fourth-order valence-corrected chi connectivity index (χ4v) is 2.40. The Labute approximate surface area is 110 Å². The molecular formula is C14H16BrNO. The van der Waals surface area contributed by atoms with E-state index in [1.165, 1.54) is 11.1 Å². The largest absolute Gasteiger partial charge is 0.466 e. The van der Waals surface area contributed by atoms with Crippen LogP contribution in [0.2, 0.25) is 0 Å². The maximum absolute atomic E-state index is 6.11. The van der Waals surface area contributed by atoms with Gasteiger partial charge in [0, 0.05) is 0 Å². The molecule has 0 bridgehead atoms. The minimum absolute atomic E-state index is 0.0565. The van der Waals surface area contributed by atoms with Crippen LogP contribution in [0.25, 0.3) is 0 Å². The SMILES string of the molecule is Cc1ccccc1CCC(N)c1occc1Br. The summed E-state index contributed by atoms with van der Waals surface area (Å²) in [5, 5.41) is 0. The molecule has 1 aromatic heterocycles. The molecule has 0 amide bonds. The molecule has 0 radical (unpaired) electrons. The summed E-state index contributed by atoms with van der Waals surface area (Å²) in [4.78, 5) is 0. The van der Waals surface area contributed by atoms with Crippen molar-refractivity contribution < 1.29 is 4.42 Å². The number of furan rings is 1. The molecule has 2 rings (SSSR count). The van der Waals surface area contributed by atoms with Crippen LogP contribution in [0.1, 0.15) is 29.3 Å². The Kier molecular flexibility index (Phi) is 4.02. The Balaban J connectivity index is 2.00. The van der Waals surface area contributed by atoms with Gasteiger partial charge >= 0.3 is 0 Å². The van der Waals surface area contributed by atoms with Crippen LogP contribution in [0.5, 0.6) is 0 Å². The summed E-state index contributed by atoms with van der Waals surface area (Å²) in [7, 11) is 0. The third-order valence-corrected chi connectivity index (χ3v) is 3.62. The highest BCUT2D eigenvalue weighted by Gasteiger charge is 2.13. The Morgan fingerprint density at radius 2 is 2.06 bits per heavy atom. The molecule has 0 saturated carbocycles. The summed E-state index contributed by atoms with van der Waals surface area (Å²) in [6.45, 7) is 2.13. The van der Waals surface area contributed by atoms with Crippen LogP contribution in [0.15, 0.2) is 45.5 Å². The molecular weight excluding hydrogens is 278 g/mol. The normalized spacial score (nSPS) is 12.6. The molecule has 0 fully saturated rings. The second kappa shape index (κ2) is 5.52. The standard InChI is InChI=1S/C14H16BrNO/c1-10-4-2-3-5-11(10)6-7-13(16)14-12(15)8-9-17-14/h2-5,8-9,13H,6-7,16H2,1H3. The lowest BCUT2D eigenvalue weighted by atomic mass is 10.0. The van der Waals surface area contributed by atoms with Gasteiger partial charge in [-0.3, -0.25) is 0 Å². The zero-order chi connectivity index (χ0) is 12.3. The summed E-state index contributed by atoms with van der Waals surface area (Å²) in [6.07, 6.45) is 3.52. The van der Waals surface area contributed by atoms with E-state index in [2.05, 4.69) is 47.1 Å². The molecule has 0 aliphatic heterocycles. The zero-order valence-electron chi connectivity index (χ0n) is 9.82. The molecule has 1 aromatic carbocycles. The highest BCUT2D eigenvalue weighted by Crippen LogP contribution is 2.26. The number of hydrogen-bond donors (Lipinski definition) is 1. The van der Waals surface area contributed by atoms with Crippen molar-refractivity contribution in [1.29, 1.82) is 0 Å². The molecule has 3 heteroatoms. The van der Waals surface area contributed by atoms with Crippen LogP contribution >= 0.6 is 15.9 Å². The first kappa shape index (κ1) is 12.4. The van der Waals surface area contributed by atoms with Gasteiger partial charge in [0.2, 0.25) is 0 Å². The summed E-state index contributed by atoms with van der Waals surface area (Å²) in [5.41, 5.74) is 8.78. The molecule has 2 aromatic rings. The van der Waals surface area contributed by atoms with E-state index in [0.29, 0.717) is 0 Å². The van der Waals surface area contributed by atoms with E-state index in [9.17, 15) is 0 Å². The van der Waals surface area contributed by atoms with Crippen molar-refractivity contribution >= 4 is 15.9 Å². The fraction of sp³-hybridized carbons (Fsp3) is 0.286. The molecule has 1 heterocycles. The number of aryl methyl sites for hydroxylation is 2. The second-order valence-corrected chi connectivity index (χ2v) is 5.06. The highest BCUT2D eigenvalue weighted by atomic mass is 79.9. The number of halogens is 1. The van der Waals surface area contributed by atoms with Gasteiger partial charge in [-0.05, 0) is 52.9 Å². The first-order valence-electron chi connectivity index (χ1n) is 5.71.